The first-order valence-corrected chi connectivity index (χ1v) is 10.2. The molecule has 3 rings (SSSR count). The van der Waals surface area contributed by atoms with Crippen LogP contribution in [0.5, 0.6) is 0 Å². The van der Waals surface area contributed by atoms with Crippen molar-refractivity contribution in [3.8, 4) is 0 Å². The van der Waals surface area contributed by atoms with E-state index in [1.54, 1.807) is 6.26 Å². The lowest BCUT2D eigenvalue weighted by Gasteiger charge is -2.26. The first kappa shape index (κ1) is 20.2. The summed E-state index contributed by atoms with van der Waals surface area (Å²) in [4.78, 5) is 7.24. The van der Waals surface area contributed by atoms with Crippen molar-refractivity contribution in [2.75, 3.05) is 59.1 Å². The number of aliphatic imine (C=N–C) groups is 1. The molecule has 1 atom stereocenters. The van der Waals surface area contributed by atoms with Gasteiger partial charge in [0.15, 0.2) is 5.96 Å². The molecule has 7 nitrogen and oxygen atoms in total. The van der Waals surface area contributed by atoms with Gasteiger partial charge < -0.3 is 24.5 Å². The molecule has 7 heteroatoms. The Labute approximate surface area is 162 Å². The Balaban J connectivity index is 1.42. The van der Waals surface area contributed by atoms with E-state index in [2.05, 4.69) is 22.5 Å². The maximum absolute atomic E-state index is 5.86. The van der Waals surface area contributed by atoms with Gasteiger partial charge in [-0.1, -0.05) is 0 Å². The van der Waals surface area contributed by atoms with Gasteiger partial charge in [-0.15, -0.1) is 0 Å². The number of ether oxygens (including phenoxy) is 2. The number of hydrogen-bond acceptors (Lipinski definition) is 5. The van der Waals surface area contributed by atoms with Crippen molar-refractivity contribution in [3.05, 3.63) is 24.2 Å². The second-order valence-electron chi connectivity index (χ2n) is 7.56. The number of guanidine groups is 1. The minimum atomic E-state index is -0.122. The molecule has 2 N–H and O–H groups in total. The summed E-state index contributed by atoms with van der Waals surface area (Å²) in [5, 5.41) is 6.90. The van der Waals surface area contributed by atoms with E-state index in [9.17, 15) is 0 Å². The number of hydrogen-bond donors (Lipinski definition) is 2. The highest BCUT2D eigenvalue weighted by molar-refractivity contribution is 5.79. The molecule has 1 unspecified atom stereocenters. The molecule has 1 aromatic heterocycles. The van der Waals surface area contributed by atoms with Crippen LogP contribution in [0.4, 0.5) is 0 Å². The molecule has 27 heavy (non-hydrogen) atoms. The van der Waals surface area contributed by atoms with Gasteiger partial charge in [-0.3, -0.25) is 9.89 Å². The molecule has 2 aliphatic rings. The number of nitrogens with zero attached hydrogens (tertiary/aromatic N) is 2. The third kappa shape index (κ3) is 7.16. The van der Waals surface area contributed by atoms with Gasteiger partial charge in [0.05, 0.1) is 31.6 Å². The van der Waals surface area contributed by atoms with Crippen LogP contribution in [0.15, 0.2) is 27.8 Å². The van der Waals surface area contributed by atoms with Crippen molar-refractivity contribution in [1.82, 2.24) is 15.5 Å². The summed E-state index contributed by atoms with van der Waals surface area (Å²) < 4.78 is 16.7. The Morgan fingerprint density at radius 3 is 2.81 bits per heavy atom. The normalized spacial score (nSPS) is 24.3. The molecule has 3 heterocycles. The summed E-state index contributed by atoms with van der Waals surface area (Å²) in [5.41, 5.74) is -0.122. The average molecular weight is 379 g/mol. The zero-order valence-electron chi connectivity index (χ0n) is 16.5. The van der Waals surface area contributed by atoms with Crippen LogP contribution < -0.4 is 10.6 Å². The Hall–Kier alpha value is -1.57. The third-order valence-electron chi connectivity index (χ3n) is 5.16. The molecule has 0 saturated carbocycles. The molecule has 0 radical (unpaired) electrons. The van der Waals surface area contributed by atoms with Gasteiger partial charge in [-0.2, -0.15) is 0 Å². The van der Waals surface area contributed by atoms with Crippen molar-refractivity contribution in [3.63, 3.8) is 0 Å². The first-order chi connectivity index (χ1) is 13.2. The number of nitrogens with one attached hydrogen (secondary N) is 2. The van der Waals surface area contributed by atoms with Gasteiger partial charge >= 0.3 is 0 Å². The maximum atomic E-state index is 5.86. The van der Waals surface area contributed by atoms with Crippen LogP contribution in [0, 0.1) is 0 Å². The van der Waals surface area contributed by atoms with Crippen molar-refractivity contribution < 1.29 is 13.9 Å². The minimum Gasteiger partial charge on any atom is -0.469 e. The maximum Gasteiger partial charge on any atom is 0.191 e. The fourth-order valence-electron chi connectivity index (χ4n) is 3.48. The zero-order chi connectivity index (χ0) is 18.8. The predicted molar refractivity (Wildman–Crippen MR) is 106 cm³/mol. The lowest BCUT2D eigenvalue weighted by atomic mass is 10.0. The van der Waals surface area contributed by atoms with E-state index in [0.29, 0.717) is 6.54 Å². The highest BCUT2D eigenvalue weighted by atomic mass is 16.5. The Bertz CT molecular complexity index is 550. The van der Waals surface area contributed by atoms with Gasteiger partial charge in [-0.05, 0) is 44.9 Å². The Kier molecular flexibility index (Phi) is 7.98. The van der Waals surface area contributed by atoms with E-state index >= 15 is 0 Å². The van der Waals surface area contributed by atoms with Gasteiger partial charge in [0, 0.05) is 39.2 Å². The summed E-state index contributed by atoms with van der Waals surface area (Å²) in [5.74, 6) is 1.85. The molecule has 152 valence electrons. The molecule has 2 aliphatic heterocycles. The monoisotopic (exact) mass is 378 g/mol. The highest BCUT2D eigenvalue weighted by Gasteiger charge is 2.29. The summed E-state index contributed by atoms with van der Waals surface area (Å²) in [6, 6.07) is 3.92. The minimum absolute atomic E-state index is 0.122. The van der Waals surface area contributed by atoms with Gasteiger partial charge in [-0.25, -0.2) is 0 Å². The fourth-order valence-corrected chi connectivity index (χ4v) is 3.48. The molecule has 2 saturated heterocycles. The van der Waals surface area contributed by atoms with Crippen molar-refractivity contribution in [1.29, 1.82) is 0 Å². The van der Waals surface area contributed by atoms with E-state index in [4.69, 9.17) is 18.9 Å². The topological polar surface area (TPSA) is 71.3 Å². The second-order valence-corrected chi connectivity index (χ2v) is 7.56. The van der Waals surface area contributed by atoms with Gasteiger partial charge in [0.2, 0.25) is 0 Å². The number of furan rings is 1. The lowest BCUT2D eigenvalue weighted by Crippen LogP contribution is -2.42. The van der Waals surface area contributed by atoms with Crippen LogP contribution in [0.25, 0.3) is 0 Å². The molecular weight excluding hydrogens is 344 g/mol. The number of morpholine rings is 1. The summed E-state index contributed by atoms with van der Waals surface area (Å²) >= 11 is 0. The third-order valence-corrected chi connectivity index (χ3v) is 5.16. The van der Waals surface area contributed by atoms with E-state index in [1.165, 1.54) is 0 Å². The number of rotatable bonds is 9. The average Bonchev–Trinajstić information content (AvgIpc) is 3.36. The molecule has 2 fully saturated rings. The van der Waals surface area contributed by atoms with Crippen LogP contribution in [0.2, 0.25) is 0 Å². The van der Waals surface area contributed by atoms with Crippen LogP contribution in [0.3, 0.4) is 0 Å². The van der Waals surface area contributed by atoms with E-state index in [1.807, 2.05) is 12.1 Å². The van der Waals surface area contributed by atoms with Crippen molar-refractivity contribution in [2.45, 2.75) is 38.2 Å². The van der Waals surface area contributed by atoms with Crippen LogP contribution >= 0.6 is 0 Å². The largest absolute Gasteiger partial charge is 0.469 e. The quantitative estimate of drug-likeness (QED) is 0.387. The smallest absolute Gasteiger partial charge is 0.191 e. The SMILES string of the molecule is CC1(CN=C(NCCCN2CCOCC2)NCCc2ccco2)CCCO1. The molecule has 0 amide bonds. The molecular formula is C20H34N4O3. The van der Waals surface area contributed by atoms with Gasteiger partial charge in [0.25, 0.3) is 0 Å². The Morgan fingerprint density at radius 1 is 1.22 bits per heavy atom. The molecule has 0 aliphatic carbocycles. The van der Waals surface area contributed by atoms with Crippen LogP contribution in [-0.2, 0) is 15.9 Å². The van der Waals surface area contributed by atoms with Crippen molar-refractivity contribution >= 4 is 5.96 Å². The fraction of sp³-hybridized carbons (Fsp3) is 0.750. The lowest BCUT2D eigenvalue weighted by molar-refractivity contribution is 0.0283. The van der Waals surface area contributed by atoms with Crippen molar-refractivity contribution in [2.24, 2.45) is 4.99 Å². The zero-order valence-corrected chi connectivity index (χ0v) is 16.5. The molecule has 0 spiro atoms. The van der Waals surface area contributed by atoms with Gasteiger partial charge in [0.1, 0.15) is 5.76 Å². The summed E-state index contributed by atoms with van der Waals surface area (Å²) in [6.07, 6.45) is 5.85. The highest BCUT2D eigenvalue weighted by Crippen LogP contribution is 2.24. The second kappa shape index (κ2) is 10.7. The first-order valence-electron chi connectivity index (χ1n) is 10.2. The Morgan fingerprint density at radius 2 is 2.07 bits per heavy atom. The van der Waals surface area contributed by atoms with E-state index in [-0.39, 0.29) is 5.60 Å². The van der Waals surface area contributed by atoms with Crippen LogP contribution in [0.1, 0.15) is 31.9 Å². The van der Waals surface area contributed by atoms with Crippen LogP contribution in [-0.4, -0.2) is 75.5 Å². The summed E-state index contributed by atoms with van der Waals surface area (Å²) in [7, 11) is 0. The van der Waals surface area contributed by atoms with E-state index in [0.717, 1.165) is 89.9 Å². The molecule has 0 bridgehead atoms. The van der Waals surface area contributed by atoms with E-state index < -0.39 is 0 Å². The summed E-state index contributed by atoms with van der Waals surface area (Å²) in [6.45, 7) is 10.3. The molecule has 0 aromatic carbocycles. The standard InChI is InChI=1S/C20H34N4O3/c1-20(7-3-14-27-20)17-23-19(22-9-6-18-5-2-13-26-18)21-8-4-10-24-11-15-25-16-12-24/h2,5,13H,3-4,6-12,14-17H2,1H3,(H2,21,22,23). The predicted octanol–water partition coefficient (Wildman–Crippen LogP) is 1.65. The molecule has 1 aromatic rings.